The number of aromatic hydroxyl groups is 1. The van der Waals surface area contributed by atoms with E-state index in [0.717, 1.165) is 0 Å². The van der Waals surface area contributed by atoms with Crippen LogP contribution in [-0.4, -0.2) is 18.1 Å². The van der Waals surface area contributed by atoms with Crippen LogP contribution in [0.5, 0.6) is 11.5 Å². The lowest BCUT2D eigenvalue weighted by molar-refractivity contribution is 0.102. The Balaban J connectivity index is 2.32. The molecule has 0 saturated carbocycles. The Hall–Kier alpha value is -2.52. The second kappa shape index (κ2) is 6.29. The van der Waals surface area contributed by atoms with Gasteiger partial charge in [0.2, 0.25) is 0 Å². The van der Waals surface area contributed by atoms with E-state index in [1.165, 1.54) is 25.3 Å². The highest BCUT2D eigenvalue weighted by Gasteiger charge is 2.14. The van der Waals surface area contributed by atoms with Gasteiger partial charge in [-0.05, 0) is 30.3 Å². The number of halogens is 1. The normalized spacial score (nSPS) is 9.76. The van der Waals surface area contributed by atoms with Crippen LogP contribution in [0.1, 0.15) is 15.9 Å². The molecule has 0 atom stereocenters. The fraction of sp³-hybridized carbons (Fsp3) is 0.0667. The maximum absolute atomic E-state index is 12.2. The number of rotatable bonds is 3. The third-order valence-electron chi connectivity index (χ3n) is 2.78. The molecule has 0 spiro atoms. The largest absolute Gasteiger partial charge is 0.507 e. The molecule has 5 nitrogen and oxygen atoms in total. The smallest absolute Gasteiger partial charge is 0.259 e. The van der Waals surface area contributed by atoms with Crippen LogP contribution in [0.15, 0.2) is 40.9 Å². The number of ether oxygens (including phenoxy) is 1. The van der Waals surface area contributed by atoms with Crippen molar-refractivity contribution in [3.63, 3.8) is 0 Å². The van der Waals surface area contributed by atoms with Crippen molar-refractivity contribution in [2.75, 3.05) is 12.4 Å². The highest BCUT2D eigenvalue weighted by atomic mass is 79.9. The van der Waals surface area contributed by atoms with Gasteiger partial charge in [-0.2, -0.15) is 5.26 Å². The van der Waals surface area contributed by atoms with Crippen molar-refractivity contribution in [1.29, 1.82) is 5.26 Å². The van der Waals surface area contributed by atoms with Crippen LogP contribution in [-0.2, 0) is 0 Å². The molecule has 1 amide bonds. The van der Waals surface area contributed by atoms with Crippen molar-refractivity contribution >= 4 is 27.5 Å². The molecule has 0 aromatic heterocycles. The van der Waals surface area contributed by atoms with Crippen molar-refractivity contribution in [2.45, 2.75) is 0 Å². The average molecular weight is 347 g/mol. The lowest BCUT2D eigenvalue weighted by Crippen LogP contribution is -2.13. The molecule has 2 aromatic carbocycles. The topological polar surface area (TPSA) is 82.3 Å². The first-order valence-corrected chi connectivity index (χ1v) is 6.72. The second-order valence-electron chi connectivity index (χ2n) is 4.14. The van der Waals surface area contributed by atoms with Gasteiger partial charge in [0.1, 0.15) is 11.5 Å². The summed E-state index contributed by atoms with van der Waals surface area (Å²) in [5.41, 5.74) is 0.979. The molecule has 106 valence electrons. The lowest BCUT2D eigenvalue weighted by Gasteiger charge is -2.11. The van der Waals surface area contributed by atoms with Gasteiger partial charge in [0, 0.05) is 10.5 Å². The summed E-state index contributed by atoms with van der Waals surface area (Å²) in [6.07, 6.45) is 0. The fourth-order valence-corrected chi connectivity index (χ4v) is 2.10. The van der Waals surface area contributed by atoms with E-state index in [9.17, 15) is 9.90 Å². The van der Waals surface area contributed by atoms with Gasteiger partial charge >= 0.3 is 0 Å². The van der Waals surface area contributed by atoms with Gasteiger partial charge in [0.05, 0.1) is 30.0 Å². The van der Waals surface area contributed by atoms with Crippen LogP contribution in [0.3, 0.4) is 0 Å². The standard InChI is InChI=1S/C15H11BrN2O3/c1-21-14-6-9(8-17)2-4-12(14)18-15(20)11-7-10(16)3-5-13(11)19/h2-7,19H,1H3,(H,18,20). The summed E-state index contributed by atoms with van der Waals surface area (Å²) >= 11 is 3.25. The summed E-state index contributed by atoms with van der Waals surface area (Å²) in [6.45, 7) is 0. The van der Waals surface area contributed by atoms with Gasteiger partial charge in [0.25, 0.3) is 5.91 Å². The molecule has 0 aliphatic heterocycles. The summed E-state index contributed by atoms with van der Waals surface area (Å²) in [6, 6.07) is 11.2. The molecule has 2 N–H and O–H groups in total. The van der Waals surface area contributed by atoms with E-state index >= 15 is 0 Å². The molecule has 21 heavy (non-hydrogen) atoms. The molecule has 0 unspecified atom stereocenters. The molecule has 0 heterocycles. The predicted octanol–water partition coefficient (Wildman–Crippen LogP) is 3.29. The van der Waals surface area contributed by atoms with Gasteiger partial charge in [-0.1, -0.05) is 15.9 Å². The second-order valence-corrected chi connectivity index (χ2v) is 5.06. The minimum absolute atomic E-state index is 0.122. The Morgan fingerprint density at radius 3 is 2.76 bits per heavy atom. The third-order valence-corrected chi connectivity index (χ3v) is 3.28. The molecule has 0 saturated heterocycles. The highest BCUT2D eigenvalue weighted by molar-refractivity contribution is 9.10. The van der Waals surface area contributed by atoms with Crippen molar-refractivity contribution in [3.05, 3.63) is 52.0 Å². The number of anilines is 1. The zero-order valence-corrected chi connectivity index (χ0v) is 12.6. The number of nitrogens with zero attached hydrogens (tertiary/aromatic N) is 1. The zero-order valence-electron chi connectivity index (χ0n) is 11.1. The number of carbonyl (C=O) groups is 1. The van der Waals surface area contributed by atoms with E-state index < -0.39 is 5.91 Å². The molecular weight excluding hydrogens is 336 g/mol. The third kappa shape index (κ3) is 3.33. The first kappa shape index (κ1) is 14.9. The number of benzene rings is 2. The molecule has 6 heteroatoms. The van der Waals surface area contributed by atoms with Crippen molar-refractivity contribution in [1.82, 2.24) is 0 Å². The number of amides is 1. The van der Waals surface area contributed by atoms with Crippen LogP contribution in [0, 0.1) is 11.3 Å². The Morgan fingerprint density at radius 2 is 2.10 bits per heavy atom. The van der Waals surface area contributed by atoms with Crippen LogP contribution < -0.4 is 10.1 Å². The average Bonchev–Trinajstić information content (AvgIpc) is 2.49. The van der Waals surface area contributed by atoms with Crippen molar-refractivity contribution < 1.29 is 14.6 Å². The molecule has 0 fully saturated rings. The molecule has 0 bridgehead atoms. The van der Waals surface area contributed by atoms with Crippen LogP contribution in [0.4, 0.5) is 5.69 Å². The Bertz CT molecular complexity index is 738. The summed E-state index contributed by atoms with van der Waals surface area (Å²) in [5.74, 6) is -0.225. The van der Waals surface area contributed by atoms with Gasteiger partial charge in [-0.3, -0.25) is 4.79 Å². The molecule has 2 aromatic rings. The SMILES string of the molecule is COc1cc(C#N)ccc1NC(=O)c1cc(Br)ccc1O. The van der Waals surface area contributed by atoms with Crippen LogP contribution in [0.2, 0.25) is 0 Å². The molecule has 0 aliphatic rings. The van der Waals surface area contributed by atoms with E-state index in [1.807, 2.05) is 6.07 Å². The maximum Gasteiger partial charge on any atom is 0.259 e. The summed E-state index contributed by atoms with van der Waals surface area (Å²) in [4.78, 5) is 12.2. The monoisotopic (exact) mass is 346 g/mol. The van der Waals surface area contributed by atoms with Gasteiger partial charge in [0.15, 0.2) is 0 Å². The molecule has 2 rings (SSSR count). The van der Waals surface area contributed by atoms with Crippen molar-refractivity contribution in [3.8, 4) is 17.6 Å². The van der Waals surface area contributed by atoms with Crippen LogP contribution in [0.25, 0.3) is 0 Å². The lowest BCUT2D eigenvalue weighted by atomic mass is 10.1. The van der Waals surface area contributed by atoms with Gasteiger partial charge in [-0.25, -0.2) is 0 Å². The van der Waals surface area contributed by atoms with E-state index in [2.05, 4.69) is 21.2 Å². The Kier molecular flexibility index (Phi) is 4.45. The van der Waals surface area contributed by atoms with Crippen LogP contribution >= 0.6 is 15.9 Å². The Labute approximate surface area is 129 Å². The predicted molar refractivity (Wildman–Crippen MR) is 81.5 cm³/mol. The number of phenols is 1. The molecular formula is C15H11BrN2O3. The van der Waals surface area contributed by atoms with Gasteiger partial charge in [-0.15, -0.1) is 0 Å². The quantitative estimate of drug-likeness (QED) is 0.893. The maximum atomic E-state index is 12.2. The highest BCUT2D eigenvalue weighted by Crippen LogP contribution is 2.28. The summed E-state index contributed by atoms with van der Waals surface area (Å²) in [7, 11) is 1.45. The van der Waals surface area contributed by atoms with E-state index in [1.54, 1.807) is 18.2 Å². The minimum atomic E-state index is -0.475. The Morgan fingerprint density at radius 1 is 1.33 bits per heavy atom. The minimum Gasteiger partial charge on any atom is -0.507 e. The number of carbonyl (C=O) groups excluding carboxylic acids is 1. The number of phenolic OH excluding ortho intramolecular Hbond substituents is 1. The number of hydrogen-bond acceptors (Lipinski definition) is 4. The first-order valence-electron chi connectivity index (χ1n) is 5.93. The zero-order chi connectivity index (χ0) is 15.4. The number of nitrogens with one attached hydrogen (secondary N) is 1. The van der Waals surface area contributed by atoms with Crippen molar-refractivity contribution in [2.24, 2.45) is 0 Å². The van der Waals surface area contributed by atoms with Gasteiger partial charge < -0.3 is 15.2 Å². The number of nitriles is 1. The fourth-order valence-electron chi connectivity index (χ4n) is 1.74. The van der Waals surface area contributed by atoms with E-state index in [-0.39, 0.29) is 11.3 Å². The van der Waals surface area contributed by atoms with E-state index in [4.69, 9.17) is 10.00 Å². The van der Waals surface area contributed by atoms with E-state index in [0.29, 0.717) is 21.5 Å². The summed E-state index contributed by atoms with van der Waals surface area (Å²) < 4.78 is 5.82. The number of hydrogen-bond donors (Lipinski definition) is 2. The summed E-state index contributed by atoms with van der Waals surface area (Å²) in [5, 5.41) is 21.2. The molecule has 0 radical (unpaired) electrons. The first-order chi connectivity index (χ1) is 10.0. The molecule has 0 aliphatic carbocycles. The number of methoxy groups -OCH3 is 1.